The summed E-state index contributed by atoms with van der Waals surface area (Å²) in [4.78, 5) is 4.39. The van der Waals surface area contributed by atoms with E-state index >= 15 is 0 Å². The third-order valence-corrected chi connectivity index (χ3v) is 2.95. The molecule has 4 nitrogen and oxygen atoms in total. The first kappa shape index (κ1) is 10.7. The highest BCUT2D eigenvalue weighted by molar-refractivity contribution is 5.53. The number of aromatic hydroxyl groups is 1. The number of anilines is 1. The Hall–Kier alpha value is -2.49. The number of phenolic OH excluding ortho intramolecular Hbond substituents is 1. The molecule has 0 aliphatic heterocycles. The molecule has 2 aromatic heterocycles. The van der Waals surface area contributed by atoms with E-state index in [1.807, 2.05) is 40.9 Å². The van der Waals surface area contributed by atoms with Gasteiger partial charge in [-0.15, -0.1) is 0 Å². The number of nitrogens with zero attached hydrogens (tertiary/aromatic N) is 2. The van der Waals surface area contributed by atoms with E-state index in [-0.39, 0.29) is 5.75 Å². The van der Waals surface area contributed by atoms with Crippen LogP contribution in [0.25, 0.3) is 5.52 Å². The van der Waals surface area contributed by atoms with Crippen molar-refractivity contribution in [3.8, 4) is 5.75 Å². The highest BCUT2D eigenvalue weighted by atomic mass is 16.3. The molecule has 1 aromatic carbocycles. The van der Waals surface area contributed by atoms with Gasteiger partial charge >= 0.3 is 0 Å². The maximum absolute atomic E-state index is 9.26. The Kier molecular flexibility index (Phi) is 2.41. The SMILES string of the molecule is Nc1cccc2cnc(Cc3ccc(O)cc3)n12. The van der Waals surface area contributed by atoms with Crippen LogP contribution in [0.4, 0.5) is 5.82 Å². The van der Waals surface area contributed by atoms with Gasteiger partial charge in [-0.1, -0.05) is 18.2 Å². The van der Waals surface area contributed by atoms with Crippen LogP contribution in [0, 0.1) is 0 Å². The molecule has 0 amide bonds. The van der Waals surface area contributed by atoms with Crippen molar-refractivity contribution < 1.29 is 5.11 Å². The second-order valence-electron chi connectivity index (χ2n) is 4.23. The van der Waals surface area contributed by atoms with Gasteiger partial charge in [0.15, 0.2) is 0 Å². The van der Waals surface area contributed by atoms with Crippen molar-refractivity contribution >= 4 is 11.3 Å². The van der Waals surface area contributed by atoms with Crippen molar-refractivity contribution in [1.82, 2.24) is 9.38 Å². The summed E-state index contributed by atoms with van der Waals surface area (Å²) in [6.45, 7) is 0. The molecule has 0 unspecified atom stereocenters. The molecule has 2 heterocycles. The summed E-state index contributed by atoms with van der Waals surface area (Å²) < 4.78 is 1.94. The van der Waals surface area contributed by atoms with Crippen LogP contribution < -0.4 is 5.73 Å². The molecule has 0 atom stereocenters. The molecule has 4 heteroatoms. The molecule has 0 spiro atoms. The molecule has 0 bridgehead atoms. The molecular weight excluding hydrogens is 226 g/mol. The number of benzene rings is 1. The number of pyridine rings is 1. The standard InChI is InChI=1S/C14H13N3O/c15-13-3-1-2-11-9-16-14(17(11)13)8-10-4-6-12(18)7-5-10/h1-7,9,18H,8,15H2. The molecule has 3 N–H and O–H groups in total. The van der Waals surface area contributed by atoms with Gasteiger partial charge in [-0.3, -0.25) is 4.40 Å². The lowest BCUT2D eigenvalue weighted by Gasteiger charge is -2.05. The number of rotatable bonds is 2. The lowest BCUT2D eigenvalue weighted by molar-refractivity contribution is 0.475. The first-order valence-corrected chi connectivity index (χ1v) is 5.73. The molecule has 0 saturated heterocycles. The highest BCUT2D eigenvalue weighted by Gasteiger charge is 2.06. The average Bonchev–Trinajstić information content (AvgIpc) is 2.77. The Balaban J connectivity index is 2.02. The van der Waals surface area contributed by atoms with Gasteiger partial charge in [0.05, 0.1) is 11.7 Å². The van der Waals surface area contributed by atoms with E-state index in [0.717, 1.165) is 16.9 Å². The van der Waals surface area contributed by atoms with Crippen LogP contribution in [0.5, 0.6) is 5.75 Å². The van der Waals surface area contributed by atoms with E-state index in [0.29, 0.717) is 12.2 Å². The molecule has 90 valence electrons. The Morgan fingerprint density at radius 2 is 1.89 bits per heavy atom. The summed E-state index contributed by atoms with van der Waals surface area (Å²) in [5.41, 5.74) is 8.04. The van der Waals surface area contributed by atoms with E-state index in [9.17, 15) is 5.11 Å². The molecular formula is C14H13N3O. The third kappa shape index (κ3) is 1.78. The molecule has 3 aromatic rings. The van der Waals surface area contributed by atoms with Gasteiger partial charge in [0, 0.05) is 6.42 Å². The quantitative estimate of drug-likeness (QED) is 0.720. The van der Waals surface area contributed by atoms with Gasteiger partial charge in [-0.2, -0.15) is 0 Å². The van der Waals surface area contributed by atoms with E-state index < -0.39 is 0 Å². The molecule has 0 radical (unpaired) electrons. The predicted molar refractivity (Wildman–Crippen MR) is 70.5 cm³/mol. The second kappa shape index (κ2) is 4.07. The largest absolute Gasteiger partial charge is 0.508 e. The normalized spacial score (nSPS) is 10.9. The molecule has 0 fully saturated rings. The maximum atomic E-state index is 9.26. The number of aromatic nitrogens is 2. The zero-order valence-corrected chi connectivity index (χ0v) is 9.74. The number of imidazole rings is 1. The van der Waals surface area contributed by atoms with Crippen molar-refractivity contribution in [2.45, 2.75) is 6.42 Å². The van der Waals surface area contributed by atoms with Gasteiger partial charge in [-0.05, 0) is 29.8 Å². The van der Waals surface area contributed by atoms with Crippen LogP contribution in [0.2, 0.25) is 0 Å². The smallest absolute Gasteiger partial charge is 0.119 e. The predicted octanol–water partition coefficient (Wildman–Crippen LogP) is 2.21. The lowest BCUT2D eigenvalue weighted by atomic mass is 10.1. The van der Waals surface area contributed by atoms with Crippen molar-refractivity contribution in [2.75, 3.05) is 5.73 Å². The minimum absolute atomic E-state index is 0.270. The van der Waals surface area contributed by atoms with E-state index in [2.05, 4.69) is 4.98 Å². The Labute approximate surface area is 104 Å². The van der Waals surface area contributed by atoms with Crippen LogP contribution in [0.15, 0.2) is 48.7 Å². The fraction of sp³-hybridized carbons (Fsp3) is 0.0714. The van der Waals surface area contributed by atoms with Crippen molar-refractivity contribution in [3.63, 3.8) is 0 Å². The van der Waals surface area contributed by atoms with Crippen molar-refractivity contribution in [3.05, 3.63) is 60.0 Å². The van der Waals surface area contributed by atoms with Gasteiger partial charge in [-0.25, -0.2) is 4.98 Å². The molecule has 3 rings (SSSR count). The van der Waals surface area contributed by atoms with Crippen LogP contribution in [-0.4, -0.2) is 14.5 Å². The van der Waals surface area contributed by atoms with Crippen LogP contribution in [0.1, 0.15) is 11.4 Å². The summed E-state index contributed by atoms with van der Waals surface area (Å²) in [7, 11) is 0. The summed E-state index contributed by atoms with van der Waals surface area (Å²) in [6, 6.07) is 12.9. The van der Waals surface area contributed by atoms with E-state index in [4.69, 9.17) is 5.73 Å². The molecule has 18 heavy (non-hydrogen) atoms. The van der Waals surface area contributed by atoms with Crippen LogP contribution in [0.3, 0.4) is 0 Å². The Morgan fingerprint density at radius 3 is 2.67 bits per heavy atom. The summed E-state index contributed by atoms with van der Waals surface area (Å²) in [6.07, 6.45) is 2.49. The number of nitrogen functional groups attached to an aromatic ring is 1. The number of hydrogen-bond donors (Lipinski definition) is 2. The van der Waals surface area contributed by atoms with E-state index in [1.165, 1.54) is 0 Å². The third-order valence-electron chi connectivity index (χ3n) is 2.95. The number of phenols is 1. The van der Waals surface area contributed by atoms with Crippen LogP contribution in [-0.2, 0) is 6.42 Å². The minimum Gasteiger partial charge on any atom is -0.508 e. The monoisotopic (exact) mass is 239 g/mol. The van der Waals surface area contributed by atoms with Crippen molar-refractivity contribution in [1.29, 1.82) is 0 Å². The molecule has 0 aliphatic rings. The van der Waals surface area contributed by atoms with Gasteiger partial charge in [0.25, 0.3) is 0 Å². The summed E-state index contributed by atoms with van der Waals surface area (Å²) in [5, 5.41) is 9.26. The van der Waals surface area contributed by atoms with Gasteiger partial charge in [0.2, 0.25) is 0 Å². The number of fused-ring (bicyclic) bond motifs is 1. The first-order valence-electron chi connectivity index (χ1n) is 5.73. The van der Waals surface area contributed by atoms with E-state index in [1.54, 1.807) is 12.1 Å². The average molecular weight is 239 g/mol. The second-order valence-corrected chi connectivity index (χ2v) is 4.23. The van der Waals surface area contributed by atoms with Crippen LogP contribution >= 0.6 is 0 Å². The number of nitrogens with two attached hydrogens (primary N) is 1. The summed E-state index contributed by atoms with van der Waals surface area (Å²) >= 11 is 0. The van der Waals surface area contributed by atoms with Crippen molar-refractivity contribution in [2.24, 2.45) is 0 Å². The lowest BCUT2D eigenvalue weighted by Crippen LogP contribution is -2.01. The van der Waals surface area contributed by atoms with Gasteiger partial charge in [0.1, 0.15) is 17.4 Å². The number of hydrogen-bond acceptors (Lipinski definition) is 3. The Bertz CT molecular complexity index is 686. The fourth-order valence-electron chi connectivity index (χ4n) is 2.06. The molecule has 0 saturated carbocycles. The minimum atomic E-state index is 0.270. The first-order chi connectivity index (χ1) is 8.74. The highest BCUT2D eigenvalue weighted by Crippen LogP contribution is 2.17. The maximum Gasteiger partial charge on any atom is 0.119 e. The zero-order valence-electron chi connectivity index (χ0n) is 9.74. The molecule has 0 aliphatic carbocycles. The summed E-state index contributed by atoms with van der Waals surface area (Å²) in [5.74, 6) is 1.85. The fourth-order valence-corrected chi connectivity index (χ4v) is 2.06. The topological polar surface area (TPSA) is 63.5 Å². The van der Waals surface area contributed by atoms with Gasteiger partial charge < -0.3 is 10.8 Å². The zero-order chi connectivity index (χ0) is 12.5. The Morgan fingerprint density at radius 1 is 1.11 bits per heavy atom.